The molecular formula is C20H22F2N4O2. The number of nitrogens with zero attached hydrogens (tertiary/aromatic N) is 2. The monoisotopic (exact) mass is 388 g/mol. The lowest BCUT2D eigenvalue weighted by atomic mass is 10.2. The highest BCUT2D eigenvalue weighted by Gasteiger charge is 2.25. The summed E-state index contributed by atoms with van der Waals surface area (Å²) in [5, 5.41) is 4.76. The first-order valence-corrected chi connectivity index (χ1v) is 9.06. The minimum Gasteiger partial charge on any atom is -0.368 e. The molecule has 1 atom stereocenters. The molecule has 148 valence electrons. The van der Waals surface area contributed by atoms with Gasteiger partial charge >= 0.3 is 6.03 Å². The summed E-state index contributed by atoms with van der Waals surface area (Å²) in [6.45, 7) is 3.84. The maximum absolute atomic E-state index is 13.6. The molecule has 0 aromatic heterocycles. The average Bonchev–Trinajstić information content (AvgIpc) is 2.71. The number of nitrogens with one attached hydrogen (secondary N) is 2. The normalized spacial score (nSPS) is 15.1. The van der Waals surface area contributed by atoms with Gasteiger partial charge in [-0.3, -0.25) is 4.79 Å². The van der Waals surface area contributed by atoms with Gasteiger partial charge in [0, 0.05) is 31.9 Å². The van der Waals surface area contributed by atoms with E-state index in [1.807, 2.05) is 30.3 Å². The van der Waals surface area contributed by atoms with Gasteiger partial charge in [-0.2, -0.15) is 0 Å². The van der Waals surface area contributed by atoms with Crippen molar-refractivity contribution in [3.63, 3.8) is 0 Å². The Morgan fingerprint density at radius 3 is 2.14 bits per heavy atom. The van der Waals surface area contributed by atoms with E-state index in [-0.39, 0.29) is 6.03 Å². The number of anilines is 2. The van der Waals surface area contributed by atoms with Gasteiger partial charge < -0.3 is 20.4 Å². The molecule has 0 bridgehead atoms. The molecule has 2 aromatic rings. The van der Waals surface area contributed by atoms with E-state index >= 15 is 0 Å². The number of carbonyl (C=O) groups excluding carboxylic acids is 2. The number of halogens is 2. The summed E-state index contributed by atoms with van der Waals surface area (Å²) in [7, 11) is 0. The van der Waals surface area contributed by atoms with Crippen LogP contribution in [0.3, 0.4) is 0 Å². The Kier molecular flexibility index (Phi) is 6.08. The number of rotatable bonds is 4. The van der Waals surface area contributed by atoms with Crippen LogP contribution >= 0.6 is 0 Å². The zero-order chi connectivity index (χ0) is 20.1. The first-order valence-electron chi connectivity index (χ1n) is 9.06. The number of hydrogen-bond donors (Lipinski definition) is 2. The Labute approximate surface area is 162 Å². The zero-order valence-electron chi connectivity index (χ0n) is 15.5. The SMILES string of the molecule is C[C@H](NC(=O)N1CCN(c2ccccc2)CC1)C(=O)Nc1c(F)cccc1F. The fourth-order valence-corrected chi connectivity index (χ4v) is 3.00. The van der Waals surface area contributed by atoms with E-state index in [1.165, 1.54) is 13.0 Å². The topological polar surface area (TPSA) is 64.7 Å². The van der Waals surface area contributed by atoms with Crippen molar-refractivity contribution in [1.29, 1.82) is 0 Å². The Bertz CT molecular complexity index is 819. The molecule has 0 unspecified atom stereocenters. The fraction of sp³-hybridized carbons (Fsp3) is 0.300. The highest BCUT2D eigenvalue weighted by atomic mass is 19.1. The number of benzene rings is 2. The predicted octanol–water partition coefficient (Wildman–Crippen LogP) is 2.82. The zero-order valence-corrected chi connectivity index (χ0v) is 15.5. The minimum atomic E-state index is -0.946. The van der Waals surface area contributed by atoms with Crippen molar-refractivity contribution in [1.82, 2.24) is 10.2 Å². The highest BCUT2D eigenvalue weighted by Crippen LogP contribution is 2.18. The molecule has 2 aromatic carbocycles. The number of urea groups is 1. The second-order valence-electron chi connectivity index (χ2n) is 6.57. The number of amides is 3. The van der Waals surface area contributed by atoms with Crippen LogP contribution in [0.2, 0.25) is 0 Å². The molecular weight excluding hydrogens is 366 g/mol. The van der Waals surface area contributed by atoms with Crippen molar-refractivity contribution in [2.75, 3.05) is 36.4 Å². The van der Waals surface area contributed by atoms with E-state index in [1.54, 1.807) is 4.90 Å². The summed E-state index contributed by atoms with van der Waals surface area (Å²) in [5.41, 5.74) is 0.576. The molecule has 1 heterocycles. The van der Waals surface area contributed by atoms with E-state index in [2.05, 4.69) is 15.5 Å². The standard InChI is InChI=1S/C20H22F2N4O2/c1-14(19(27)24-18-16(21)8-5-9-17(18)22)23-20(28)26-12-10-25(11-13-26)15-6-3-2-4-7-15/h2-9,14H,10-13H2,1H3,(H,23,28)(H,24,27)/t14-/m0/s1. The second-order valence-corrected chi connectivity index (χ2v) is 6.57. The molecule has 0 saturated carbocycles. The summed E-state index contributed by atoms with van der Waals surface area (Å²) in [6.07, 6.45) is 0. The van der Waals surface area contributed by atoms with Crippen LogP contribution < -0.4 is 15.5 Å². The summed E-state index contributed by atoms with van der Waals surface area (Å²) in [4.78, 5) is 28.4. The van der Waals surface area contributed by atoms with Crippen LogP contribution in [0, 0.1) is 11.6 Å². The lowest BCUT2D eigenvalue weighted by Crippen LogP contribution is -2.54. The molecule has 3 amide bonds. The van der Waals surface area contributed by atoms with Crippen LogP contribution in [-0.4, -0.2) is 49.1 Å². The molecule has 2 N–H and O–H groups in total. The molecule has 1 aliphatic heterocycles. The van der Waals surface area contributed by atoms with Crippen molar-refractivity contribution in [3.8, 4) is 0 Å². The summed E-state index contributed by atoms with van der Waals surface area (Å²) in [6, 6.07) is 11.9. The van der Waals surface area contributed by atoms with Gasteiger partial charge in [-0.05, 0) is 31.2 Å². The first kappa shape index (κ1) is 19.6. The van der Waals surface area contributed by atoms with Gasteiger partial charge in [0.05, 0.1) is 0 Å². The Morgan fingerprint density at radius 1 is 0.929 bits per heavy atom. The van der Waals surface area contributed by atoms with Crippen molar-refractivity contribution < 1.29 is 18.4 Å². The van der Waals surface area contributed by atoms with Crippen LogP contribution in [0.1, 0.15) is 6.92 Å². The van der Waals surface area contributed by atoms with E-state index in [0.717, 1.165) is 17.8 Å². The highest BCUT2D eigenvalue weighted by molar-refractivity contribution is 5.96. The number of para-hydroxylation sites is 2. The van der Waals surface area contributed by atoms with Gasteiger partial charge in [0.2, 0.25) is 5.91 Å². The summed E-state index contributed by atoms with van der Waals surface area (Å²) < 4.78 is 27.3. The molecule has 3 rings (SSSR count). The average molecular weight is 388 g/mol. The molecule has 8 heteroatoms. The van der Waals surface area contributed by atoms with Gasteiger partial charge in [-0.25, -0.2) is 13.6 Å². The van der Waals surface area contributed by atoms with Crippen LogP contribution in [0.25, 0.3) is 0 Å². The van der Waals surface area contributed by atoms with Crippen molar-refractivity contribution in [2.24, 2.45) is 0 Å². The Balaban J connectivity index is 1.51. The predicted molar refractivity (Wildman–Crippen MR) is 103 cm³/mol. The van der Waals surface area contributed by atoms with Gasteiger partial charge in [0.1, 0.15) is 23.4 Å². The Hall–Kier alpha value is -3.16. The smallest absolute Gasteiger partial charge is 0.318 e. The lowest BCUT2D eigenvalue weighted by Gasteiger charge is -2.36. The van der Waals surface area contributed by atoms with Crippen molar-refractivity contribution in [2.45, 2.75) is 13.0 Å². The van der Waals surface area contributed by atoms with Crippen LogP contribution in [0.5, 0.6) is 0 Å². The molecule has 0 radical (unpaired) electrons. The third kappa shape index (κ3) is 4.57. The largest absolute Gasteiger partial charge is 0.368 e. The summed E-state index contributed by atoms with van der Waals surface area (Å²) in [5.74, 6) is -2.44. The second kappa shape index (κ2) is 8.69. The molecule has 6 nitrogen and oxygen atoms in total. The van der Waals surface area contributed by atoms with Crippen LogP contribution in [-0.2, 0) is 4.79 Å². The number of carbonyl (C=O) groups is 2. The van der Waals surface area contributed by atoms with Gasteiger partial charge in [-0.1, -0.05) is 24.3 Å². The molecule has 0 aliphatic carbocycles. The fourth-order valence-electron chi connectivity index (χ4n) is 3.00. The van der Waals surface area contributed by atoms with Gasteiger partial charge in [-0.15, -0.1) is 0 Å². The van der Waals surface area contributed by atoms with Crippen LogP contribution in [0.4, 0.5) is 25.0 Å². The maximum atomic E-state index is 13.6. The van der Waals surface area contributed by atoms with Crippen molar-refractivity contribution >= 4 is 23.3 Å². The van der Waals surface area contributed by atoms with E-state index in [9.17, 15) is 18.4 Å². The van der Waals surface area contributed by atoms with E-state index in [4.69, 9.17) is 0 Å². The van der Waals surface area contributed by atoms with Crippen LogP contribution in [0.15, 0.2) is 48.5 Å². The number of piperazine rings is 1. The minimum absolute atomic E-state index is 0.385. The molecule has 28 heavy (non-hydrogen) atoms. The number of hydrogen-bond acceptors (Lipinski definition) is 3. The van der Waals surface area contributed by atoms with Gasteiger partial charge in [0.15, 0.2) is 0 Å². The third-order valence-corrected chi connectivity index (χ3v) is 4.63. The van der Waals surface area contributed by atoms with E-state index < -0.39 is 29.3 Å². The molecule has 1 fully saturated rings. The quantitative estimate of drug-likeness (QED) is 0.847. The first-order chi connectivity index (χ1) is 13.5. The molecule has 0 spiro atoms. The van der Waals surface area contributed by atoms with Gasteiger partial charge in [0.25, 0.3) is 0 Å². The lowest BCUT2D eigenvalue weighted by molar-refractivity contribution is -0.117. The molecule has 1 aliphatic rings. The third-order valence-electron chi connectivity index (χ3n) is 4.63. The molecule has 1 saturated heterocycles. The summed E-state index contributed by atoms with van der Waals surface area (Å²) >= 11 is 0. The van der Waals surface area contributed by atoms with E-state index in [0.29, 0.717) is 26.2 Å². The Morgan fingerprint density at radius 2 is 1.54 bits per heavy atom. The maximum Gasteiger partial charge on any atom is 0.318 e. The van der Waals surface area contributed by atoms with Crippen molar-refractivity contribution in [3.05, 3.63) is 60.2 Å².